The lowest BCUT2D eigenvalue weighted by atomic mass is 10.2. The molecule has 2 aromatic rings. The second-order valence-electron chi connectivity index (χ2n) is 5.55. The van der Waals surface area contributed by atoms with Crippen LogP contribution in [0.3, 0.4) is 0 Å². The van der Waals surface area contributed by atoms with Gasteiger partial charge in [0.15, 0.2) is 0 Å². The average molecular weight is 449 g/mol. The smallest absolute Gasteiger partial charge is 0.255 e. The van der Waals surface area contributed by atoms with Gasteiger partial charge in [-0.25, -0.2) is 4.98 Å². The third-order valence-electron chi connectivity index (χ3n) is 3.66. The van der Waals surface area contributed by atoms with Crippen molar-refractivity contribution in [3.63, 3.8) is 0 Å². The molecule has 3 rings (SSSR count). The Morgan fingerprint density at radius 1 is 1.32 bits per heavy atom. The van der Waals surface area contributed by atoms with Gasteiger partial charge in [0.25, 0.3) is 5.91 Å². The molecular formula is C17H20BrCl2N3O2. The zero-order valence-electron chi connectivity index (χ0n) is 13.6. The number of halogens is 3. The minimum absolute atomic E-state index is 0. The van der Waals surface area contributed by atoms with Gasteiger partial charge in [0.2, 0.25) is 5.88 Å². The van der Waals surface area contributed by atoms with Crippen LogP contribution in [0.1, 0.15) is 17.3 Å². The van der Waals surface area contributed by atoms with Crippen LogP contribution in [0.4, 0.5) is 0 Å². The molecule has 0 saturated carbocycles. The number of aromatic nitrogens is 1. The van der Waals surface area contributed by atoms with E-state index in [0.29, 0.717) is 23.2 Å². The standard InChI is InChI=1S/C17H18BrN3O2.2ClH/c1-12-11-21(8-7-19-12)17(22)13-5-6-16(20-10-13)23-15-4-2-3-14(18)9-15;;/h2-6,9-10,12,19H,7-8,11H2,1H3;2*1H. The van der Waals surface area contributed by atoms with E-state index >= 15 is 0 Å². The number of amides is 1. The van der Waals surface area contributed by atoms with Gasteiger partial charge in [-0.1, -0.05) is 22.0 Å². The fourth-order valence-electron chi connectivity index (χ4n) is 2.52. The van der Waals surface area contributed by atoms with Gasteiger partial charge in [-0.3, -0.25) is 4.79 Å². The molecule has 25 heavy (non-hydrogen) atoms. The molecule has 1 atom stereocenters. The summed E-state index contributed by atoms with van der Waals surface area (Å²) >= 11 is 3.40. The zero-order valence-corrected chi connectivity index (χ0v) is 16.9. The zero-order chi connectivity index (χ0) is 16.2. The molecule has 1 saturated heterocycles. The molecule has 0 aliphatic carbocycles. The minimum Gasteiger partial charge on any atom is -0.439 e. The van der Waals surface area contributed by atoms with Gasteiger partial charge in [0.1, 0.15) is 5.75 Å². The molecule has 8 heteroatoms. The van der Waals surface area contributed by atoms with Crippen LogP contribution in [0.25, 0.3) is 0 Å². The summed E-state index contributed by atoms with van der Waals surface area (Å²) in [6.07, 6.45) is 1.57. The molecular weight excluding hydrogens is 429 g/mol. The predicted octanol–water partition coefficient (Wildman–Crippen LogP) is 3.91. The lowest BCUT2D eigenvalue weighted by molar-refractivity contribution is 0.0708. The summed E-state index contributed by atoms with van der Waals surface area (Å²) in [5.74, 6) is 1.18. The Labute approximate surface area is 168 Å². The molecule has 0 bridgehead atoms. The Hall–Kier alpha value is -1.34. The molecule has 1 unspecified atom stereocenters. The first kappa shape index (κ1) is 21.7. The van der Waals surface area contributed by atoms with Crippen LogP contribution < -0.4 is 10.1 Å². The summed E-state index contributed by atoms with van der Waals surface area (Å²) in [6.45, 7) is 4.34. The number of ether oxygens (including phenoxy) is 1. The summed E-state index contributed by atoms with van der Waals surface area (Å²) in [6, 6.07) is 11.3. The maximum Gasteiger partial charge on any atom is 0.255 e. The highest BCUT2D eigenvalue weighted by Crippen LogP contribution is 2.23. The van der Waals surface area contributed by atoms with Crippen LogP contribution in [0.2, 0.25) is 0 Å². The number of nitrogens with one attached hydrogen (secondary N) is 1. The quantitative estimate of drug-likeness (QED) is 0.773. The van der Waals surface area contributed by atoms with E-state index < -0.39 is 0 Å². The van der Waals surface area contributed by atoms with Crippen molar-refractivity contribution in [2.45, 2.75) is 13.0 Å². The molecule has 0 spiro atoms. The summed E-state index contributed by atoms with van der Waals surface area (Å²) in [5, 5.41) is 3.33. The molecule has 136 valence electrons. The van der Waals surface area contributed by atoms with E-state index in [9.17, 15) is 4.79 Å². The third-order valence-corrected chi connectivity index (χ3v) is 4.15. The third kappa shape index (κ3) is 5.85. The number of piperazine rings is 1. The van der Waals surface area contributed by atoms with Crippen molar-refractivity contribution in [2.24, 2.45) is 0 Å². The SMILES string of the molecule is CC1CN(C(=O)c2ccc(Oc3cccc(Br)c3)nc2)CCN1.Cl.Cl. The van der Waals surface area contributed by atoms with Crippen LogP contribution >= 0.6 is 40.7 Å². The van der Waals surface area contributed by atoms with E-state index in [1.54, 1.807) is 18.3 Å². The maximum absolute atomic E-state index is 12.5. The van der Waals surface area contributed by atoms with Crippen molar-refractivity contribution in [3.05, 3.63) is 52.6 Å². The Morgan fingerprint density at radius 3 is 2.76 bits per heavy atom. The maximum atomic E-state index is 12.5. The van der Waals surface area contributed by atoms with Gasteiger partial charge < -0.3 is 15.0 Å². The number of hydrogen-bond donors (Lipinski definition) is 1. The van der Waals surface area contributed by atoms with E-state index in [1.165, 1.54) is 0 Å². The number of hydrogen-bond acceptors (Lipinski definition) is 4. The van der Waals surface area contributed by atoms with Crippen LogP contribution in [0.15, 0.2) is 47.1 Å². The fraction of sp³-hybridized carbons (Fsp3) is 0.294. The van der Waals surface area contributed by atoms with Crippen LogP contribution in [0, 0.1) is 0 Å². The summed E-state index contributed by atoms with van der Waals surface area (Å²) in [5.41, 5.74) is 0.584. The second-order valence-corrected chi connectivity index (χ2v) is 6.47. The average Bonchev–Trinajstić information content (AvgIpc) is 2.55. The Morgan fingerprint density at radius 2 is 2.12 bits per heavy atom. The van der Waals surface area contributed by atoms with E-state index in [4.69, 9.17) is 4.74 Å². The number of carbonyl (C=O) groups is 1. The van der Waals surface area contributed by atoms with Gasteiger partial charge in [0, 0.05) is 42.4 Å². The van der Waals surface area contributed by atoms with Crippen molar-refractivity contribution in [3.8, 4) is 11.6 Å². The lowest BCUT2D eigenvalue weighted by Crippen LogP contribution is -2.51. The largest absolute Gasteiger partial charge is 0.439 e. The molecule has 1 aliphatic rings. The van der Waals surface area contributed by atoms with Gasteiger partial charge in [-0.2, -0.15) is 0 Å². The highest BCUT2D eigenvalue weighted by atomic mass is 79.9. The van der Waals surface area contributed by atoms with E-state index in [0.717, 1.165) is 24.1 Å². The minimum atomic E-state index is 0. The Bertz CT molecular complexity index is 701. The van der Waals surface area contributed by atoms with Crippen LogP contribution in [0.5, 0.6) is 11.6 Å². The van der Waals surface area contributed by atoms with Crippen LogP contribution in [-0.2, 0) is 0 Å². The molecule has 1 aromatic carbocycles. The first-order valence-corrected chi connectivity index (χ1v) is 8.33. The summed E-state index contributed by atoms with van der Waals surface area (Å²) in [7, 11) is 0. The highest BCUT2D eigenvalue weighted by Gasteiger charge is 2.21. The fourth-order valence-corrected chi connectivity index (χ4v) is 2.90. The number of pyridine rings is 1. The van der Waals surface area contributed by atoms with Crippen molar-refractivity contribution >= 4 is 46.7 Å². The topological polar surface area (TPSA) is 54.5 Å². The lowest BCUT2D eigenvalue weighted by Gasteiger charge is -2.31. The highest BCUT2D eigenvalue weighted by molar-refractivity contribution is 9.10. The normalized spacial score (nSPS) is 16.4. The first-order valence-electron chi connectivity index (χ1n) is 7.54. The van der Waals surface area contributed by atoms with Gasteiger partial charge in [-0.15, -0.1) is 24.8 Å². The Kier molecular flexibility index (Phi) is 8.65. The van der Waals surface area contributed by atoms with Crippen molar-refractivity contribution in [1.82, 2.24) is 15.2 Å². The van der Waals surface area contributed by atoms with Crippen molar-refractivity contribution < 1.29 is 9.53 Å². The van der Waals surface area contributed by atoms with Gasteiger partial charge in [0.05, 0.1) is 5.56 Å². The molecule has 1 aliphatic heterocycles. The molecule has 1 amide bonds. The molecule has 5 nitrogen and oxygen atoms in total. The molecule has 1 fully saturated rings. The molecule has 1 aromatic heterocycles. The van der Waals surface area contributed by atoms with E-state index in [1.807, 2.05) is 29.2 Å². The number of carbonyl (C=O) groups excluding carboxylic acids is 1. The predicted molar refractivity (Wildman–Crippen MR) is 106 cm³/mol. The van der Waals surface area contributed by atoms with Gasteiger partial charge >= 0.3 is 0 Å². The van der Waals surface area contributed by atoms with Crippen molar-refractivity contribution in [1.29, 1.82) is 0 Å². The first-order chi connectivity index (χ1) is 11.1. The monoisotopic (exact) mass is 447 g/mol. The van der Waals surface area contributed by atoms with Crippen LogP contribution in [-0.4, -0.2) is 41.5 Å². The summed E-state index contributed by atoms with van der Waals surface area (Å²) < 4.78 is 6.62. The Balaban J connectivity index is 0.00000156. The number of nitrogens with zero attached hydrogens (tertiary/aromatic N) is 2. The van der Waals surface area contributed by atoms with Gasteiger partial charge in [-0.05, 0) is 31.2 Å². The molecule has 0 radical (unpaired) electrons. The van der Waals surface area contributed by atoms with Crippen molar-refractivity contribution in [2.75, 3.05) is 19.6 Å². The van der Waals surface area contributed by atoms with E-state index in [2.05, 4.69) is 33.2 Å². The number of benzene rings is 1. The second kappa shape index (κ2) is 9.97. The molecule has 2 heterocycles. The number of rotatable bonds is 3. The summed E-state index contributed by atoms with van der Waals surface area (Å²) in [4.78, 5) is 18.6. The van der Waals surface area contributed by atoms with E-state index in [-0.39, 0.29) is 30.7 Å². The molecule has 1 N–H and O–H groups in total.